The molecule has 0 atom stereocenters. The molecule has 0 radical (unpaired) electrons. The van der Waals surface area contributed by atoms with Crippen LogP contribution in [0.4, 0.5) is 17.6 Å². The molecule has 0 bridgehead atoms. The van der Waals surface area contributed by atoms with E-state index in [1.165, 1.54) is 10.7 Å². The average Bonchev–Trinajstić information content (AvgIpc) is 3.07. The predicted molar refractivity (Wildman–Crippen MR) is 73.9 cm³/mol. The second-order valence-corrected chi connectivity index (χ2v) is 4.62. The highest BCUT2D eigenvalue weighted by molar-refractivity contribution is 5.55. The zero-order valence-electron chi connectivity index (χ0n) is 10.8. The maximum absolute atomic E-state index is 11.1. The Labute approximate surface area is 115 Å². The smallest absolute Gasteiger partial charge is 0.295 e. The molecule has 2 N–H and O–H groups in total. The first-order chi connectivity index (χ1) is 9.66. The van der Waals surface area contributed by atoms with Crippen molar-refractivity contribution in [3.8, 4) is 5.69 Å². The van der Waals surface area contributed by atoms with Crippen molar-refractivity contribution in [3.63, 3.8) is 0 Å². The van der Waals surface area contributed by atoms with Crippen molar-refractivity contribution in [3.05, 3.63) is 34.4 Å². The van der Waals surface area contributed by atoms with Gasteiger partial charge in [-0.1, -0.05) is 12.1 Å². The van der Waals surface area contributed by atoms with Gasteiger partial charge in [0.05, 0.1) is 4.92 Å². The highest BCUT2D eigenvalue weighted by Gasteiger charge is 2.22. The Morgan fingerprint density at radius 1 is 1.25 bits per heavy atom. The second-order valence-electron chi connectivity index (χ2n) is 4.62. The van der Waals surface area contributed by atoms with E-state index in [0.29, 0.717) is 11.6 Å². The number of hydrogen-bond acceptors (Lipinski definition) is 6. The van der Waals surface area contributed by atoms with E-state index in [2.05, 4.69) is 10.1 Å². The molecule has 0 aliphatic carbocycles. The fourth-order valence-electron chi connectivity index (χ4n) is 2.34. The fourth-order valence-corrected chi connectivity index (χ4v) is 2.34. The minimum absolute atomic E-state index is 0.0444. The minimum atomic E-state index is -0.452. The molecular formula is C12H14N6O2. The van der Waals surface area contributed by atoms with Gasteiger partial charge in [-0.05, 0) is 18.9 Å². The van der Waals surface area contributed by atoms with Crippen molar-refractivity contribution in [2.45, 2.75) is 12.8 Å². The number of nitro benzene ring substituents is 1. The van der Waals surface area contributed by atoms with E-state index in [4.69, 9.17) is 5.73 Å². The van der Waals surface area contributed by atoms with Crippen LogP contribution in [-0.2, 0) is 0 Å². The quantitative estimate of drug-likeness (QED) is 0.669. The van der Waals surface area contributed by atoms with Crippen LogP contribution in [0.3, 0.4) is 0 Å². The van der Waals surface area contributed by atoms with Crippen molar-refractivity contribution in [2.24, 2.45) is 0 Å². The van der Waals surface area contributed by atoms with Gasteiger partial charge in [0.15, 0.2) is 0 Å². The monoisotopic (exact) mass is 274 g/mol. The Kier molecular flexibility index (Phi) is 2.97. The van der Waals surface area contributed by atoms with Crippen LogP contribution < -0.4 is 10.6 Å². The summed E-state index contributed by atoms with van der Waals surface area (Å²) in [6.07, 6.45) is 2.19. The van der Waals surface area contributed by atoms with E-state index >= 15 is 0 Å². The molecule has 1 aliphatic rings. The van der Waals surface area contributed by atoms with Gasteiger partial charge in [0.25, 0.3) is 5.69 Å². The summed E-state index contributed by atoms with van der Waals surface area (Å²) in [5.74, 6) is 0.680. The molecule has 1 fully saturated rings. The van der Waals surface area contributed by atoms with Crippen LogP contribution in [0.2, 0.25) is 0 Å². The maximum atomic E-state index is 11.1. The Morgan fingerprint density at radius 2 is 1.95 bits per heavy atom. The SMILES string of the molecule is Nc1nc(N2CCCC2)nn1-c1ccccc1[N+](=O)[O-]. The van der Waals surface area contributed by atoms with Gasteiger partial charge >= 0.3 is 0 Å². The molecule has 0 spiro atoms. The van der Waals surface area contributed by atoms with Crippen molar-refractivity contribution >= 4 is 17.6 Å². The molecule has 0 saturated carbocycles. The lowest BCUT2D eigenvalue weighted by atomic mass is 10.3. The number of anilines is 2. The normalized spacial score (nSPS) is 14.7. The largest absolute Gasteiger partial charge is 0.368 e. The number of hydrogen-bond donors (Lipinski definition) is 1. The molecule has 20 heavy (non-hydrogen) atoms. The highest BCUT2D eigenvalue weighted by Crippen LogP contribution is 2.25. The third kappa shape index (κ3) is 2.04. The highest BCUT2D eigenvalue weighted by atomic mass is 16.6. The van der Waals surface area contributed by atoms with Crippen LogP contribution in [0.15, 0.2) is 24.3 Å². The molecule has 0 unspecified atom stereocenters. The average molecular weight is 274 g/mol. The van der Waals surface area contributed by atoms with Crippen LogP contribution in [0.5, 0.6) is 0 Å². The van der Waals surface area contributed by atoms with E-state index in [0.717, 1.165) is 25.9 Å². The maximum Gasteiger partial charge on any atom is 0.295 e. The molecule has 1 aromatic carbocycles. The summed E-state index contributed by atoms with van der Waals surface area (Å²) in [7, 11) is 0. The molecule has 8 heteroatoms. The van der Waals surface area contributed by atoms with Crippen molar-refractivity contribution in [1.82, 2.24) is 14.8 Å². The summed E-state index contributed by atoms with van der Waals surface area (Å²) in [4.78, 5) is 16.8. The first-order valence-corrected chi connectivity index (χ1v) is 6.38. The number of nitrogens with two attached hydrogens (primary N) is 1. The molecule has 104 valence electrons. The van der Waals surface area contributed by atoms with Gasteiger partial charge in [-0.2, -0.15) is 9.67 Å². The number of nitrogens with zero attached hydrogens (tertiary/aromatic N) is 5. The number of aromatic nitrogens is 3. The van der Waals surface area contributed by atoms with Crippen LogP contribution >= 0.6 is 0 Å². The van der Waals surface area contributed by atoms with Crippen LogP contribution in [-0.4, -0.2) is 32.8 Å². The number of nitrogen functional groups attached to an aromatic ring is 1. The van der Waals surface area contributed by atoms with E-state index in [1.807, 2.05) is 4.90 Å². The second kappa shape index (κ2) is 4.80. The molecule has 2 heterocycles. The zero-order chi connectivity index (χ0) is 14.1. The number of benzene rings is 1. The summed E-state index contributed by atoms with van der Waals surface area (Å²) in [6.45, 7) is 1.78. The Hall–Kier alpha value is -2.64. The van der Waals surface area contributed by atoms with Gasteiger partial charge in [0.2, 0.25) is 11.9 Å². The first kappa shape index (κ1) is 12.4. The molecular weight excluding hydrogens is 260 g/mol. The lowest BCUT2D eigenvalue weighted by molar-refractivity contribution is -0.384. The predicted octanol–water partition coefficient (Wildman–Crippen LogP) is 1.36. The fraction of sp³-hybridized carbons (Fsp3) is 0.333. The zero-order valence-corrected chi connectivity index (χ0v) is 10.8. The summed E-state index contributed by atoms with van der Waals surface area (Å²) >= 11 is 0. The van der Waals surface area contributed by atoms with Gasteiger partial charge in [0.1, 0.15) is 5.69 Å². The first-order valence-electron chi connectivity index (χ1n) is 6.38. The molecule has 3 rings (SSSR count). The standard InChI is InChI=1S/C12H14N6O2/c13-11-14-12(16-7-3-4-8-16)15-17(11)9-5-1-2-6-10(9)18(19)20/h1-2,5-6H,3-4,7-8H2,(H2,13,14,15). The number of nitro groups is 1. The van der Waals surface area contributed by atoms with Crippen molar-refractivity contribution in [2.75, 3.05) is 23.7 Å². The Morgan fingerprint density at radius 3 is 2.65 bits per heavy atom. The molecule has 1 aliphatic heterocycles. The molecule has 2 aromatic rings. The van der Waals surface area contributed by atoms with Crippen molar-refractivity contribution in [1.29, 1.82) is 0 Å². The number of rotatable bonds is 3. The Balaban J connectivity index is 2.04. The van der Waals surface area contributed by atoms with Gasteiger partial charge in [-0.15, -0.1) is 5.10 Å². The summed E-state index contributed by atoms with van der Waals surface area (Å²) in [6, 6.07) is 6.35. The molecule has 1 saturated heterocycles. The number of para-hydroxylation sites is 2. The van der Waals surface area contributed by atoms with Gasteiger partial charge in [-0.3, -0.25) is 10.1 Å². The topological polar surface area (TPSA) is 103 Å². The molecule has 0 amide bonds. The van der Waals surface area contributed by atoms with Crippen LogP contribution in [0, 0.1) is 10.1 Å². The van der Waals surface area contributed by atoms with E-state index in [1.54, 1.807) is 18.2 Å². The minimum Gasteiger partial charge on any atom is -0.368 e. The van der Waals surface area contributed by atoms with Gasteiger partial charge in [-0.25, -0.2) is 0 Å². The lowest BCUT2D eigenvalue weighted by Gasteiger charge is -2.10. The van der Waals surface area contributed by atoms with Crippen LogP contribution in [0.25, 0.3) is 5.69 Å². The van der Waals surface area contributed by atoms with Crippen LogP contribution in [0.1, 0.15) is 12.8 Å². The summed E-state index contributed by atoms with van der Waals surface area (Å²) < 4.78 is 1.33. The third-order valence-corrected chi connectivity index (χ3v) is 3.32. The Bertz CT molecular complexity index is 647. The van der Waals surface area contributed by atoms with E-state index < -0.39 is 4.92 Å². The summed E-state index contributed by atoms with van der Waals surface area (Å²) in [5, 5.41) is 15.4. The third-order valence-electron chi connectivity index (χ3n) is 3.32. The summed E-state index contributed by atoms with van der Waals surface area (Å²) in [5.41, 5.74) is 6.13. The van der Waals surface area contributed by atoms with E-state index in [9.17, 15) is 10.1 Å². The van der Waals surface area contributed by atoms with Gasteiger partial charge in [0, 0.05) is 19.2 Å². The lowest BCUT2D eigenvalue weighted by Crippen LogP contribution is -2.19. The molecule has 8 nitrogen and oxygen atoms in total. The van der Waals surface area contributed by atoms with E-state index in [-0.39, 0.29) is 11.6 Å². The van der Waals surface area contributed by atoms with Gasteiger partial charge < -0.3 is 10.6 Å². The molecule has 1 aromatic heterocycles. The van der Waals surface area contributed by atoms with Crippen molar-refractivity contribution < 1.29 is 4.92 Å².